The molecule has 0 spiro atoms. The lowest BCUT2D eigenvalue weighted by Crippen LogP contribution is -2.38. The van der Waals surface area contributed by atoms with E-state index in [4.69, 9.17) is 22.1 Å². The molecule has 19 heavy (non-hydrogen) atoms. The van der Waals surface area contributed by atoms with Crippen molar-refractivity contribution < 1.29 is 4.74 Å². The fraction of sp³-hybridized carbons (Fsp3) is 0.600. The van der Waals surface area contributed by atoms with E-state index in [-0.39, 0.29) is 6.04 Å². The van der Waals surface area contributed by atoms with E-state index in [9.17, 15) is 0 Å². The van der Waals surface area contributed by atoms with Gasteiger partial charge in [-0.05, 0) is 25.0 Å². The predicted molar refractivity (Wildman–Crippen MR) is 79.8 cm³/mol. The first kappa shape index (κ1) is 14.6. The summed E-state index contributed by atoms with van der Waals surface area (Å²) in [6, 6.07) is 6.34. The van der Waals surface area contributed by atoms with Gasteiger partial charge in [-0.25, -0.2) is 0 Å². The van der Waals surface area contributed by atoms with Crippen molar-refractivity contribution in [3.05, 3.63) is 28.8 Å². The summed E-state index contributed by atoms with van der Waals surface area (Å²) in [7, 11) is 1.67. The van der Waals surface area contributed by atoms with Gasteiger partial charge in [-0.2, -0.15) is 0 Å². The number of ether oxygens (including phenoxy) is 1. The van der Waals surface area contributed by atoms with Gasteiger partial charge in [0.15, 0.2) is 0 Å². The second-order valence-corrected chi connectivity index (χ2v) is 5.55. The van der Waals surface area contributed by atoms with Gasteiger partial charge in [-0.3, -0.25) is 0 Å². The van der Waals surface area contributed by atoms with Crippen LogP contribution < -0.4 is 15.8 Å². The second-order valence-electron chi connectivity index (χ2n) is 5.15. The molecule has 1 saturated carbocycles. The number of hydrogen-bond donors (Lipinski definition) is 2. The maximum absolute atomic E-state index is 6.32. The van der Waals surface area contributed by atoms with Gasteiger partial charge in [0.1, 0.15) is 5.75 Å². The summed E-state index contributed by atoms with van der Waals surface area (Å²) in [6.45, 7) is 0.524. The quantitative estimate of drug-likeness (QED) is 0.871. The molecule has 1 fully saturated rings. The van der Waals surface area contributed by atoms with Gasteiger partial charge in [0.2, 0.25) is 0 Å². The van der Waals surface area contributed by atoms with E-state index in [2.05, 4.69) is 5.32 Å². The fourth-order valence-electron chi connectivity index (χ4n) is 2.86. The van der Waals surface area contributed by atoms with Crippen LogP contribution in [0.3, 0.4) is 0 Å². The Morgan fingerprint density at radius 1 is 1.37 bits per heavy atom. The lowest BCUT2D eigenvalue weighted by Gasteiger charge is -2.29. The number of methoxy groups -OCH3 is 1. The molecule has 106 valence electrons. The van der Waals surface area contributed by atoms with Gasteiger partial charge in [0.05, 0.1) is 7.11 Å². The Morgan fingerprint density at radius 3 is 2.74 bits per heavy atom. The van der Waals surface area contributed by atoms with Crippen LogP contribution in [0, 0.1) is 0 Å². The number of benzene rings is 1. The molecule has 1 atom stereocenters. The average molecular weight is 283 g/mol. The highest BCUT2D eigenvalue weighted by atomic mass is 35.5. The zero-order valence-electron chi connectivity index (χ0n) is 11.5. The third-order valence-electron chi connectivity index (χ3n) is 3.86. The molecular weight excluding hydrogens is 260 g/mol. The topological polar surface area (TPSA) is 47.3 Å². The molecule has 1 aromatic rings. The Bertz CT molecular complexity index is 405. The molecule has 0 bridgehead atoms. The van der Waals surface area contributed by atoms with Crippen LogP contribution in [0.4, 0.5) is 0 Å². The van der Waals surface area contributed by atoms with Gasteiger partial charge in [-0.15, -0.1) is 0 Å². The molecular formula is C15H23ClN2O. The highest BCUT2D eigenvalue weighted by Gasteiger charge is 2.22. The average Bonchev–Trinajstić information content (AvgIpc) is 2.46. The molecule has 3 nitrogen and oxygen atoms in total. The number of rotatable bonds is 5. The van der Waals surface area contributed by atoms with Crippen molar-refractivity contribution in [3.8, 4) is 5.75 Å². The van der Waals surface area contributed by atoms with E-state index in [1.165, 1.54) is 32.1 Å². The van der Waals surface area contributed by atoms with Crippen LogP contribution in [-0.4, -0.2) is 19.7 Å². The molecule has 3 N–H and O–H groups in total. The fourth-order valence-corrected chi connectivity index (χ4v) is 3.15. The van der Waals surface area contributed by atoms with E-state index >= 15 is 0 Å². The van der Waals surface area contributed by atoms with Crippen LogP contribution in [0.25, 0.3) is 0 Å². The molecule has 1 unspecified atom stereocenters. The molecule has 4 heteroatoms. The summed E-state index contributed by atoms with van der Waals surface area (Å²) < 4.78 is 5.42. The van der Waals surface area contributed by atoms with E-state index in [0.717, 1.165) is 16.3 Å². The van der Waals surface area contributed by atoms with E-state index in [1.54, 1.807) is 7.11 Å². The molecule has 1 aliphatic carbocycles. The Morgan fingerprint density at radius 2 is 2.11 bits per heavy atom. The minimum absolute atomic E-state index is 0.0618. The van der Waals surface area contributed by atoms with Crippen LogP contribution in [-0.2, 0) is 0 Å². The third kappa shape index (κ3) is 3.62. The lowest BCUT2D eigenvalue weighted by molar-refractivity contribution is 0.333. The van der Waals surface area contributed by atoms with E-state index < -0.39 is 0 Å². The number of nitrogens with two attached hydrogens (primary N) is 1. The molecule has 0 aromatic heterocycles. The first-order valence-corrected chi connectivity index (χ1v) is 7.42. The Hall–Kier alpha value is -0.770. The van der Waals surface area contributed by atoms with Crippen molar-refractivity contribution in [2.45, 2.75) is 44.2 Å². The first-order valence-electron chi connectivity index (χ1n) is 7.04. The molecule has 0 amide bonds. The number of halogens is 1. The highest BCUT2D eigenvalue weighted by Crippen LogP contribution is 2.33. The molecule has 1 aliphatic rings. The third-order valence-corrected chi connectivity index (χ3v) is 4.19. The van der Waals surface area contributed by atoms with E-state index in [1.807, 2.05) is 18.2 Å². The van der Waals surface area contributed by atoms with Crippen molar-refractivity contribution >= 4 is 11.6 Å². The van der Waals surface area contributed by atoms with Gasteiger partial charge in [0.25, 0.3) is 0 Å². The molecule has 0 saturated heterocycles. The number of nitrogens with one attached hydrogen (secondary N) is 1. The molecule has 0 aliphatic heterocycles. The van der Waals surface area contributed by atoms with Crippen molar-refractivity contribution in [1.82, 2.24) is 5.32 Å². The minimum atomic E-state index is 0.0618. The second kappa shape index (κ2) is 7.13. The zero-order valence-corrected chi connectivity index (χ0v) is 12.2. The van der Waals surface area contributed by atoms with Crippen LogP contribution in [0.15, 0.2) is 18.2 Å². The molecule has 2 rings (SSSR count). The van der Waals surface area contributed by atoms with Crippen molar-refractivity contribution in [1.29, 1.82) is 0 Å². The van der Waals surface area contributed by atoms with Gasteiger partial charge >= 0.3 is 0 Å². The van der Waals surface area contributed by atoms with Crippen molar-refractivity contribution in [3.63, 3.8) is 0 Å². The van der Waals surface area contributed by atoms with E-state index in [0.29, 0.717) is 12.6 Å². The van der Waals surface area contributed by atoms with Crippen molar-refractivity contribution in [2.24, 2.45) is 5.73 Å². The summed E-state index contributed by atoms with van der Waals surface area (Å²) in [5.74, 6) is 0.811. The summed E-state index contributed by atoms with van der Waals surface area (Å²) in [5, 5.41) is 4.37. The Balaban J connectivity index is 2.16. The van der Waals surface area contributed by atoms with Gasteiger partial charge in [0, 0.05) is 29.2 Å². The summed E-state index contributed by atoms with van der Waals surface area (Å²) >= 11 is 6.32. The van der Waals surface area contributed by atoms with Crippen LogP contribution in [0.2, 0.25) is 5.02 Å². The minimum Gasteiger partial charge on any atom is -0.496 e. The molecule has 0 heterocycles. The summed E-state index contributed by atoms with van der Waals surface area (Å²) in [5.41, 5.74) is 6.92. The Labute approximate surface area is 120 Å². The van der Waals surface area contributed by atoms with Crippen LogP contribution >= 0.6 is 11.6 Å². The highest BCUT2D eigenvalue weighted by molar-refractivity contribution is 6.31. The smallest absolute Gasteiger partial charge is 0.125 e. The SMILES string of the molecule is COc1cccc(Cl)c1C(CN)NC1CCCCC1. The molecule has 0 radical (unpaired) electrons. The van der Waals surface area contributed by atoms with Crippen molar-refractivity contribution in [2.75, 3.05) is 13.7 Å². The van der Waals surface area contributed by atoms with Gasteiger partial charge < -0.3 is 15.8 Å². The largest absolute Gasteiger partial charge is 0.496 e. The van der Waals surface area contributed by atoms with Gasteiger partial charge in [-0.1, -0.05) is 36.9 Å². The Kier molecular flexibility index (Phi) is 5.49. The maximum atomic E-state index is 6.32. The summed E-state index contributed by atoms with van der Waals surface area (Å²) in [6.07, 6.45) is 6.40. The summed E-state index contributed by atoms with van der Waals surface area (Å²) in [4.78, 5) is 0. The monoisotopic (exact) mass is 282 g/mol. The lowest BCUT2D eigenvalue weighted by atomic mass is 9.94. The zero-order chi connectivity index (χ0) is 13.7. The maximum Gasteiger partial charge on any atom is 0.125 e. The number of hydrogen-bond acceptors (Lipinski definition) is 3. The van der Waals surface area contributed by atoms with Crippen LogP contribution in [0.1, 0.15) is 43.7 Å². The predicted octanol–water partition coefficient (Wildman–Crippen LogP) is 3.27. The molecule has 1 aromatic carbocycles. The normalized spacial score (nSPS) is 18.3. The van der Waals surface area contributed by atoms with Crippen LogP contribution in [0.5, 0.6) is 5.75 Å². The first-order chi connectivity index (χ1) is 9.26. The standard InChI is InChI=1S/C15H23ClN2O/c1-19-14-9-5-8-12(16)15(14)13(10-17)18-11-6-3-2-4-7-11/h5,8-9,11,13,18H,2-4,6-7,10,17H2,1H3.